The van der Waals surface area contributed by atoms with Crippen molar-refractivity contribution in [2.75, 3.05) is 7.11 Å². The molecule has 0 heterocycles. The summed E-state index contributed by atoms with van der Waals surface area (Å²) in [5.74, 6) is 1.82. The van der Waals surface area contributed by atoms with Gasteiger partial charge in [-0.2, -0.15) is 5.26 Å². The van der Waals surface area contributed by atoms with Crippen molar-refractivity contribution < 1.29 is 4.52 Å². The van der Waals surface area contributed by atoms with Gasteiger partial charge in [0.05, 0.1) is 0 Å². The zero-order chi connectivity index (χ0) is 4.12. The highest BCUT2D eigenvalue weighted by molar-refractivity contribution is 7.38. The van der Waals surface area contributed by atoms with Gasteiger partial charge in [-0.15, -0.1) is 0 Å². The molecule has 28 valence electrons. The average molecular weight is 89.0 g/mol. The Kier molecular flexibility index (Phi) is 3.79. The Morgan fingerprint density at radius 3 is 2.60 bits per heavy atom. The first-order valence-electron chi connectivity index (χ1n) is 1.09. The van der Waals surface area contributed by atoms with Gasteiger partial charge in [0, 0.05) is 7.11 Å². The minimum atomic E-state index is 0.00309. The van der Waals surface area contributed by atoms with Crippen LogP contribution in [0.3, 0.4) is 0 Å². The van der Waals surface area contributed by atoms with Crippen LogP contribution in [0.4, 0.5) is 0 Å². The molecule has 0 rings (SSSR count). The summed E-state index contributed by atoms with van der Waals surface area (Å²) in [4.78, 5) is 0. The molecule has 0 saturated heterocycles. The Balaban J connectivity index is 2.48. The Morgan fingerprint density at radius 1 is 2.00 bits per heavy atom. The average Bonchev–Trinajstić information content (AvgIpc) is 1.41. The summed E-state index contributed by atoms with van der Waals surface area (Å²) in [5.41, 5.74) is 0. The third kappa shape index (κ3) is 3.88. The van der Waals surface area contributed by atoms with Gasteiger partial charge >= 0.3 is 0 Å². The molecule has 1 atom stereocenters. The Morgan fingerprint density at radius 2 is 2.60 bits per heavy atom. The molecule has 0 spiro atoms. The Bertz CT molecular complexity index is 48.1. The highest BCUT2D eigenvalue weighted by atomic mass is 31.1. The van der Waals surface area contributed by atoms with E-state index in [4.69, 9.17) is 5.26 Å². The van der Waals surface area contributed by atoms with E-state index >= 15 is 0 Å². The van der Waals surface area contributed by atoms with E-state index in [2.05, 4.69) is 4.52 Å². The van der Waals surface area contributed by atoms with Crippen LogP contribution in [0, 0.1) is 11.1 Å². The lowest BCUT2D eigenvalue weighted by molar-refractivity contribution is 0.482. The fourth-order valence-electron chi connectivity index (χ4n) is 0.0456. The lowest BCUT2D eigenvalue weighted by Gasteiger charge is -1.73. The van der Waals surface area contributed by atoms with Crippen molar-refractivity contribution in [2.45, 2.75) is 0 Å². The molecule has 2 nitrogen and oxygen atoms in total. The predicted octanol–water partition coefficient (Wildman–Crippen LogP) is 0.707. The monoisotopic (exact) mass is 89.0 g/mol. The van der Waals surface area contributed by atoms with Crippen LogP contribution >= 0.6 is 8.81 Å². The minimum absolute atomic E-state index is 0.00309. The van der Waals surface area contributed by atoms with Crippen molar-refractivity contribution >= 4 is 8.81 Å². The molecule has 0 N–H and O–H groups in total. The van der Waals surface area contributed by atoms with Crippen LogP contribution in [0.25, 0.3) is 0 Å². The number of nitriles is 1. The molecule has 3 heteroatoms. The van der Waals surface area contributed by atoms with E-state index in [1.165, 1.54) is 7.11 Å². The van der Waals surface area contributed by atoms with E-state index in [9.17, 15) is 0 Å². The second-order valence-corrected chi connectivity index (χ2v) is 1.25. The van der Waals surface area contributed by atoms with Gasteiger partial charge < -0.3 is 4.52 Å². The van der Waals surface area contributed by atoms with Gasteiger partial charge in [-0.25, -0.2) is 0 Å². The maximum Gasteiger partial charge on any atom is 0.122 e. The fraction of sp³-hybridized carbons (Fsp3) is 0.500. The molecule has 0 aromatic heterocycles. The van der Waals surface area contributed by atoms with E-state index in [1.807, 2.05) is 5.81 Å². The van der Waals surface area contributed by atoms with Crippen LogP contribution in [-0.2, 0) is 4.52 Å². The Labute approximate surface area is 32.6 Å². The smallest absolute Gasteiger partial charge is 0.122 e. The van der Waals surface area contributed by atoms with Crippen molar-refractivity contribution in [2.24, 2.45) is 0 Å². The highest BCUT2D eigenvalue weighted by Crippen LogP contribution is 2.02. The number of hydrogen-bond donors (Lipinski definition) is 0. The van der Waals surface area contributed by atoms with Crippen LogP contribution in [0.2, 0.25) is 0 Å². The van der Waals surface area contributed by atoms with Crippen LogP contribution in [-0.4, -0.2) is 7.11 Å². The lowest BCUT2D eigenvalue weighted by atomic mass is 11.8. The maximum absolute atomic E-state index is 7.70. The van der Waals surface area contributed by atoms with E-state index in [0.717, 1.165) is 0 Å². The molecule has 5 heavy (non-hydrogen) atoms. The number of nitrogens with zero attached hydrogens (tertiary/aromatic N) is 1. The van der Waals surface area contributed by atoms with Crippen molar-refractivity contribution in [1.29, 1.82) is 5.26 Å². The largest absolute Gasteiger partial charge is 0.350 e. The SMILES string of the molecule is COPC#N. The first-order valence-corrected chi connectivity index (χ1v) is 1.99. The summed E-state index contributed by atoms with van der Waals surface area (Å²) < 4.78 is 4.36. The summed E-state index contributed by atoms with van der Waals surface area (Å²) in [6.45, 7) is 0. The fourth-order valence-corrected chi connectivity index (χ4v) is 0.137. The van der Waals surface area contributed by atoms with E-state index in [1.54, 1.807) is 0 Å². The van der Waals surface area contributed by atoms with Gasteiger partial charge in [0.25, 0.3) is 0 Å². The predicted molar refractivity (Wildman–Crippen MR) is 20.9 cm³/mol. The van der Waals surface area contributed by atoms with Crippen molar-refractivity contribution in [3.63, 3.8) is 0 Å². The second kappa shape index (κ2) is 3.88. The molecule has 0 aromatic rings. The van der Waals surface area contributed by atoms with Gasteiger partial charge in [0.1, 0.15) is 14.6 Å². The number of hydrogen-bond acceptors (Lipinski definition) is 2. The Hall–Kier alpha value is -0.120. The van der Waals surface area contributed by atoms with Crippen molar-refractivity contribution in [3.05, 3.63) is 0 Å². The summed E-state index contributed by atoms with van der Waals surface area (Å²) in [7, 11) is 1.50. The summed E-state index contributed by atoms with van der Waals surface area (Å²) in [5, 5.41) is 7.70. The molecule has 0 aromatic carbocycles. The first-order chi connectivity index (χ1) is 2.41. The van der Waals surface area contributed by atoms with Crippen molar-refractivity contribution in [1.82, 2.24) is 0 Å². The minimum Gasteiger partial charge on any atom is -0.350 e. The maximum atomic E-state index is 7.70. The third-order valence-electron chi connectivity index (χ3n) is 0.148. The molecule has 0 amide bonds. The van der Waals surface area contributed by atoms with E-state index in [0.29, 0.717) is 0 Å². The topological polar surface area (TPSA) is 33.0 Å². The second-order valence-electron chi connectivity index (χ2n) is 0.418. The summed E-state index contributed by atoms with van der Waals surface area (Å²) in [6, 6.07) is 0. The molecule has 0 bridgehead atoms. The zero-order valence-corrected chi connectivity index (χ0v) is 3.86. The molecular weight excluding hydrogens is 85.0 g/mol. The first kappa shape index (κ1) is 4.88. The van der Waals surface area contributed by atoms with Gasteiger partial charge in [-0.05, 0) is 0 Å². The van der Waals surface area contributed by atoms with Crippen molar-refractivity contribution in [3.8, 4) is 5.81 Å². The highest BCUT2D eigenvalue weighted by Gasteiger charge is 1.62. The van der Waals surface area contributed by atoms with Crippen LogP contribution in [0.1, 0.15) is 0 Å². The molecule has 0 radical (unpaired) electrons. The number of rotatable bonds is 1. The van der Waals surface area contributed by atoms with Gasteiger partial charge in [0.2, 0.25) is 0 Å². The quantitative estimate of drug-likeness (QED) is 0.443. The standard InChI is InChI=1S/C2H4NOP/c1-4-5-2-3/h5H,1H3. The van der Waals surface area contributed by atoms with Gasteiger partial charge in [0.15, 0.2) is 0 Å². The summed E-state index contributed by atoms with van der Waals surface area (Å²) in [6.07, 6.45) is 0. The molecule has 1 unspecified atom stereocenters. The third-order valence-corrected chi connectivity index (χ3v) is 0.443. The molecule has 0 aliphatic heterocycles. The molecular formula is C2H4NOP. The van der Waals surface area contributed by atoms with Crippen LogP contribution in [0.15, 0.2) is 0 Å². The molecule has 0 aliphatic carbocycles. The molecule has 0 saturated carbocycles. The normalized spacial score (nSPS) is 8.80. The lowest BCUT2D eigenvalue weighted by Crippen LogP contribution is -1.49. The zero-order valence-electron chi connectivity index (χ0n) is 2.86. The molecule has 0 aliphatic rings. The van der Waals surface area contributed by atoms with E-state index < -0.39 is 0 Å². The van der Waals surface area contributed by atoms with Crippen LogP contribution in [0.5, 0.6) is 0 Å². The van der Waals surface area contributed by atoms with Gasteiger partial charge in [-0.3, -0.25) is 0 Å². The summed E-state index contributed by atoms with van der Waals surface area (Å²) >= 11 is 0. The molecule has 0 fully saturated rings. The van der Waals surface area contributed by atoms with Crippen LogP contribution < -0.4 is 0 Å². The van der Waals surface area contributed by atoms with E-state index in [-0.39, 0.29) is 8.81 Å². The van der Waals surface area contributed by atoms with Gasteiger partial charge in [-0.1, -0.05) is 0 Å².